The van der Waals surface area contributed by atoms with Crippen LogP contribution in [-0.4, -0.2) is 22.8 Å². The number of hydrogen-bond donors (Lipinski definition) is 1. The summed E-state index contributed by atoms with van der Waals surface area (Å²) in [5, 5.41) is 10.7. The number of hydrogen-bond acceptors (Lipinski definition) is 6. The normalized spacial score (nSPS) is 12.2. The van der Waals surface area contributed by atoms with E-state index in [-0.39, 0.29) is 17.0 Å². The molecule has 0 saturated carbocycles. The van der Waals surface area contributed by atoms with Crippen LogP contribution in [0.25, 0.3) is 12.2 Å². The number of ketones is 1. The van der Waals surface area contributed by atoms with Crippen molar-refractivity contribution in [1.29, 1.82) is 0 Å². The molecule has 0 aliphatic rings. The van der Waals surface area contributed by atoms with Gasteiger partial charge in [-0.15, -0.1) is 11.3 Å². The van der Waals surface area contributed by atoms with Gasteiger partial charge in [-0.2, -0.15) is 0 Å². The summed E-state index contributed by atoms with van der Waals surface area (Å²) in [6, 6.07) is 12.7. The molecule has 0 saturated heterocycles. The van der Waals surface area contributed by atoms with Gasteiger partial charge in [0.25, 0.3) is 11.2 Å². The Morgan fingerprint density at radius 2 is 1.89 bits per heavy atom. The number of non-ortho nitro benzene ring substituents is 1. The maximum absolute atomic E-state index is 12.4. The van der Waals surface area contributed by atoms with E-state index in [0.29, 0.717) is 26.1 Å². The Hall–Kier alpha value is -3.52. The van der Waals surface area contributed by atoms with Gasteiger partial charge in [0.05, 0.1) is 26.8 Å². The molecule has 0 aliphatic heterocycles. The maximum atomic E-state index is 12.4. The van der Waals surface area contributed by atoms with E-state index in [1.54, 1.807) is 42.5 Å². The number of aromatic nitrogens is 1. The van der Waals surface area contributed by atoms with Crippen molar-refractivity contribution in [2.75, 3.05) is 7.11 Å². The van der Waals surface area contributed by atoms with E-state index in [0.717, 1.165) is 11.3 Å². The van der Waals surface area contributed by atoms with Crippen molar-refractivity contribution in [3.63, 3.8) is 0 Å². The summed E-state index contributed by atoms with van der Waals surface area (Å²) >= 11 is 1.13. The van der Waals surface area contributed by atoms with Crippen LogP contribution in [0.3, 0.4) is 0 Å². The third-order valence-electron chi connectivity index (χ3n) is 3.72. The average molecular weight is 382 g/mol. The third-order valence-corrected chi connectivity index (χ3v) is 4.68. The molecule has 0 unspecified atom stereocenters. The zero-order chi connectivity index (χ0) is 19.4. The summed E-state index contributed by atoms with van der Waals surface area (Å²) in [5.41, 5.74) is 0.687. The zero-order valence-electron chi connectivity index (χ0n) is 14.2. The van der Waals surface area contributed by atoms with Gasteiger partial charge in [-0.05, 0) is 35.9 Å². The van der Waals surface area contributed by atoms with Gasteiger partial charge in [-0.3, -0.25) is 19.7 Å². The first-order valence-electron chi connectivity index (χ1n) is 7.82. The van der Waals surface area contributed by atoms with Crippen LogP contribution >= 0.6 is 11.3 Å². The van der Waals surface area contributed by atoms with Crippen LogP contribution in [0.5, 0.6) is 5.75 Å². The molecule has 0 radical (unpaired) electrons. The molecular formula is C19H14N2O5S. The number of thiazole rings is 1. The highest BCUT2D eigenvalue weighted by atomic mass is 32.1. The molecule has 0 amide bonds. The van der Waals surface area contributed by atoms with Crippen LogP contribution in [0, 0.1) is 10.1 Å². The van der Waals surface area contributed by atoms with Gasteiger partial charge in [0.2, 0.25) is 0 Å². The molecule has 7 nitrogen and oxygen atoms in total. The van der Waals surface area contributed by atoms with E-state index >= 15 is 0 Å². The van der Waals surface area contributed by atoms with Crippen LogP contribution < -0.4 is 19.5 Å². The molecule has 27 heavy (non-hydrogen) atoms. The van der Waals surface area contributed by atoms with E-state index in [1.165, 1.54) is 25.3 Å². The summed E-state index contributed by atoms with van der Waals surface area (Å²) in [4.78, 5) is 37.4. The molecule has 0 bridgehead atoms. The Balaban J connectivity index is 1.96. The molecule has 0 fully saturated rings. The van der Waals surface area contributed by atoms with Gasteiger partial charge < -0.3 is 9.72 Å². The molecule has 0 atom stereocenters. The number of benzene rings is 2. The molecule has 136 valence electrons. The third kappa shape index (κ3) is 4.18. The lowest BCUT2D eigenvalue weighted by molar-refractivity contribution is -0.384. The molecule has 2 aromatic carbocycles. The van der Waals surface area contributed by atoms with Gasteiger partial charge in [-0.25, -0.2) is 0 Å². The highest BCUT2D eigenvalue weighted by molar-refractivity contribution is 7.07. The monoisotopic (exact) mass is 382 g/mol. The quantitative estimate of drug-likeness (QED) is 0.412. The van der Waals surface area contributed by atoms with Gasteiger partial charge in [0.1, 0.15) is 5.75 Å². The maximum Gasteiger partial charge on any atom is 0.269 e. The number of nitro benzene ring substituents is 1. The van der Waals surface area contributed by atoms with Crippen molar-refractivity contribution < 1.29 is 14.5 Å². The van der Waals surface area contributed by atoms with Crippen LogP contribution in [0.2, 0.25) is 0 Å². The first kappa shape index (κ1) is 18.3. The SMILES string of the molecule is COc1ccccc1C(=O)/C=c1\[nH]c(=O)/c(=C\c2ccc([N+](=O)[O-])cc2)s1. The fourth-order valence-corrected chi connectivity index (χ4v) is 3.30. The fraction of sp³-hybridized carbons (Fsp3) is 0.0526. The number of carbonyl (C=O) groups excluding carboxylic acids is 1. The number of H-pyrrole nitrogens is 1. The molecule has 0 spiro atoms. The standard InChI is InChI=1S/C19H14N2O5S/c1-26-16-5-3-2-4-14(16)15(22)11-18-20-19(23)17(27-18)10-12-6-8-13(9-7-12)21(24)25/h2-11H,1H3,(H,20,23)/b17-10+,18-11+. The van der Waals surface area contributed by atoms with Crippen LogP contribution in [0.4, 0.5) is 5.69 Å². The fourth-order valence-electron chi connectivity index (χ4n) is 2.41. The van der Waals surface area contributed by atoms with Crippen molar-refractivity contribution in [3.05, 3.63) is 89.3 Å². The molecule has 1 aromatic heterocycles. The Morgan fingerprint density at radius 1 is 1.19 bits per heavy atom. The van der Waals surface area contributed by atoms with E-state index < -0.39 is 4.92 Å². The summed E-state index contributed by atoms with van der Waals surface area (Å²) in [6.45, 7) is 0. The van der Waals surface area contributed by atoms with Crippen molar-refractivity contribution in [3.8, 4) is 5.75 Å². The van der Waals surface area contributed by atoms with E-state index in [2.05, 4.69) is 4.98 Å². The van der Waals surface area contributed by atoms with Gasteiger partial charge in [0.15, 0.2) is 5.78 Å². The van der Waals surface area contributed by atoms with Crippen LogP contribution in [0.15, 0.2) is 53.3 Å². The lowest BCUT2D eigenvalue weighted by atomic mass is 10.1. The Morgan fingerprint density at radius 3 is 2.56 bits per heavy atom. The number of para-hydroxylation sites is 1. The number of carbonyl (C=O) groups is 1. The van der Waals surface area contributed by atoms with E-state index in [4.69, 9.17) is 4.74 Å². The Labute approximate surface area is 157 Å². The predicted molar refractivity (Wildman–Crippen MR) is 103 cm³/mol. The van der Waals surface area contributed by atoms with Crippen molar-refractivity contribution in [2.24, 2.45) is 0 Å². The highest BCUT2D eigenvalue weighted by Gasteiger charge is 2.09. The van der Waals surface area contributed by atoms with E-state index in [1.807, 2.05) is 0 Å². The number of ether oxygens (including phenoxy) is 1. The molecular weight excluding hydrogens is 368 g/mol. The predicted octanol–water partition coefficient (Wildman–Crippen LogP) is 1.85. The smallest absolute Gasteiger partial charge is 0.269 e. The van der Waals surface area contributed by atoms with E-state index in [9.17, 15) is 19.7 Å². The lowest BCUT2D eigenvalue weighted by Gasteiger charge is -2.03. The first-order chi connectivity index (χ1) is 13.0. The number of methoxy groups -OCH3 is 1. The number of nitro groups is 1. The number of nitrogens with one attached hydrogen (secondary N) is 1. The zero-order valence-corrected chi connectivity index (χ0v) is 15.0. The number of Topliss-reactive ketones (excluding diaryl/α,β-unsaturated/α-hetero) is 1. The lowest BCUT2D eigenvalue weighted by Crippen LogP contribution is -2.20. The second kappa shape index (κ2) is 7.79. The summed E-state index contributed by atoms with van der Waals surface area (Å²) < 4.78 is 5.97. The molecule has 3 rings (SSSR count). The minimum atomic E-state index is -0.488. The van der Waals surface area contributed by atoms with Crippen LogP contribution in [-0.2, 0) is 0 Å². The van der Waals surface area contributed by atoms with Crippen molar-refractivity contribution in [2.45, 2.75) is 0 Å². The average Bonchev–Trinajstić information content (AvgIpc) is 3.00. The summed E-state index contributed by atoms with van der Waals surface area (Å²) in [5.74, 6) is 0.169. The second-order valence-electron chi connectivity index (χ2n) is 5.49. The highest BCUT2D eigenvalue weighted by Crippen LogP contribution is 2.18. The van der Waals surface area contributed by atoms with Crippen LogP contribution in [0.1, 0.15) is 15.9 Å². The molecule has 8 heteroatoms. The van der Waals surface area contributed by atoms with Gasteiger partial charge >= 0.3 is 0 Å². The Kier molecular flexibility index (Phi) is 5.28. The minimum absolute atomic E-state index is 0.0244. The molecule has 3 aromatic rings. The van der Waals surface area contributed by atoms with Crippen molar-refractivity contribution >= 4 is 35.0 Å². The minimum Gasteiger partial charge on any atom is -0.496 e. The summed E-state index contributed by atoms with van der Waals surface area (Å²) in [7, 11) is 1.48. The number of aromatic amines is 1. The Bertz CT molecular complexity index is 1180. The van der Waals surface area contributed by atoms with Crippen molar-refractivity contribution in [1.82, 2.24) is 4.98 Å². The number of rotatable bonds is 5. The van der Waals surface area contributed by atoms with Gasteiger partial charge in [0, 0.05) is 18.2 Å². The molecule has 0 aliphatic carbocycles. The topological polar surface area (TPSA) is 102 Å². The molecule has 1 heterocycles. The molecule has 1 N–H and O–H groups in total. The summed E-state index contributed by atoms with van der Waals surface area (Å²) in [6.07, 6.45) is 2.95. The second-order valence-corrected chi connectivity index (χ2v) is 6.57. The van der Waals surface area contributed by atoms with Gasteiger partial charge in [-0.1, -0.05) is 12.1 Å². The largest absolute Gasteiger partial charge is 0.496 e. The first-order valence-corrected chi connectivity index (χ1v) is 8.64. The number of nitrogens with zero attached hydrogens (tertiary/aromatic N) is 1.